The van der Waals surface area contributed by atoms with E-state index < -0.39 is 0 Å². The fourth-order valence-corrected chi connectivity index (χ4v) is 1.70. The van der Waals surface area contributed by atoms with Crippen molar-refractivity contribution in [2.75, 3.05) is 6.61 Å². The van der Waals surface area contributed by atoms with Crippen LogP contribution >= 0.6 is 0 Å². The first-order chi connectivity index (χ1) is 5.08. The Labute approximate surface area is 69.1 Å². The lowest BCUT2D eigenvalue weighted by atomic mass is 9.96. The highest BCUT2D eigenvalue weighted by molar-refractivity contribution is 5.19. The van der Waals surface area contributed by atoms with E-state index in [-0.39, 0.29) is 5.41 Å². The summed E-state index contributed by atoms with van der Waals surface area (Å²) in [6.45, 7) is 6.85. The van der Waals surface area contributed by atoms with Crippen LogP contribution in [0.2, 0.25) is 0 Å². The van der Waals surface area contributed by atoms with E-state index in [2.05, 4.69) is 32.9 Å². The summed E-state index contributed by atoms with van der Waals surface area (Å²) in [5.41, 5.74) is 0.441. The molecule has 1 nitrogen and oxygen atoms in total. The molecule has 0 aromatic heterocycles. The molecular weight excluding hydrogens is 136 g/mol. The third-order valence-electron chi connectivity index (χ3n) is 2.93. The van der Waals surface area contributed by atoms with Crippen molar-refractivity contribution in [1.82, 2.24) is 0 Å². The molecule has 1 saturated carbocycles. The fraction of sp³-hybridized carbons (Fsp3) is 0.800. The van der Waals surface area contributed by atoms with E-state index in [1.807, 2.05) is 0 Å². The smallest absolute Gasteiger partial charge is 0.0527 e. The van der Waals surface area contributed by atoms with Crippen molar-refractivity contribution in [2.45, 2.75) is 33.6 Å². The molecule has 11 heavy (non-hydrogen) atoms. The van der Waals surface area contributed by atoms with Gasteiger partial charge in [-0.3, -0.25) is 0 Å². The Bertz CT molecular complexity index is 170. The topological polar surface area (TPSA) is 20.2 Å². The van der Waals surface area contributed by atoms with Crippen molar-refractivity contribution in [2.24, 2.45) is 10.8 Å². The molecule has 0 aliphatic heterocycles. The van der Waals surface area contributed by atoms with Crippen LogP contribution in [-0.2, 0) is 0 Å². The summed E-state index contributed by atoms with van der Waals surface area (Å²) in [5.74, 6) is 0. The van der Waals surface area contributed by atoms with Gasteiger partial charge in [0.1, 0.15) is 0 Å². The summed E-state index contributed by atoms with van der Waals surface area (Å²) in [6, 6.07) is 0. The number of rotatable bonds is 3. The standard InChI is InChI=1S/C10H18O/c1-4-5-6-10(8-11)7-9(10,2)3/h5-6,11H,4,7-8H2,1-3H3/b6-5+. The predicted octanol–water partition coefficient (Wildman–Crippen LogP) is 2.36. The first-order valence-electron chi connectivity index (χ1n) is 4.36. The Morgan fingerprint density at radius 2 is 2.00 bits per heavy atom. The summed E-state index contributed by atoms with van der Waals surface area (Å²) < 4.78 is 0. The van der Waals surface area contributed by atoms with Crippen LogP contribution in [0.1, 0.15) is 33.6 Å². The molecule has 0 bridgehead atoms. The molecular formula is C10H18O. The molecule has 0 heterocycles. The second-order valence-corrected chi connectivity index (χ2v) is 4.19. The second kappa shape index (κ2) is 2.63. The number of hydrogen-bond donors (Lipinski definition) is 1. The lowest BCUT2D eigenvalue weighted by Crippen LogP contribution is -2.10. The van der Waals surface area contributed by atoms with E-state index in [1.54, 1.807) is 0 Å². The van der Waals surface area contributed by atoms with Gasteiger partial charge in [0, 0.05) is 5.41 Å². The van der Waals surface area contributed by atoms with Crippen LogP contribution in [-0.4, -0.2) is 11.7 Å². The van der Waals surface area contributed by atoms with Gasteiger partial charge in [-0.2, -0.15) is 0 Å². The van der Waals surface area contributed by atoms with E-state index in [1.165, 1.54) is 0 Å². The molecule has 64 valence electrons. The van der Waals surface area contributed by atoms with Crippen LogP contribution in [0.25, 0.3) is 0 Å². The molecule has 0 amide bonds. The van der Waals surface area contributed by atoms with Crippen LogP contribution in [0.5, 0.6) is 0 Å². The van der Waals surface area contributed by atoms with Gasteiger partial charge in [0.05, 0.1) is 6.61 Å². The average molecular weight is 154 g/mol. The van der Waals surface area contributed by atoms with E-state index >= 15 is 0 Å². The summed E-state index contributed by atoms with van der Waals surface area (Å²) >= 11 is 0. The van der Waals surface area contributed by atoms with Crippen LogP contribution < -0.4 is 0 Å². The van der Waals surface area contributed by atoms with Gasteiger partial charge in [0.25, 0.3) is 0 Å². The molecule has 0 aromatic rings. The van der Waals surface area contributed by atoms with Gasteiger partial charge in [-0.1, -0.05) is 32.9 Å². The Kier molecular flexibility index (Phi) is 2.10. The Balaban J connectivity index is 2.60. The lowest BCUT2D eigenvalue weighted by molar-refractivity contribution is 0.215. The molecule has 1 aliphatic rings. The zero-order valence-corrected chi connectivity index (χ0v) is 7.72. The van der Waals surface area contributed by atoms with E-state index in [4.69, 9.17) is 5.11 Å². The minimum atomic E-state index is 0.114. The Hall–Kier alpha value is -0.300. The second-order valence-electron chi connectivity index (χ2n) is 4.19. The maximum absolute atomic E-state index is 9.17. The zero-order chi connectivity index (χ0) is 8.54. The maximum atomic E-state index is 9.17. The first kappa shape index (κ1) is 8.79. The Morgan fingerprint density at radius 3 is 2.27 bits per heavy atom. The predicted molar refractivity (Wildman–Crippen MR) is 47.3 cm³/mol. The minimum Gasteiger partial charge on any atom is -0.395 e. The molecule has 0 spiro atoms. The quantitative estimate of drug-likeness (QED) is 0.619. The number of allylic oxidation sites excluding steroid dienone is 1. The van der Waals surface area contributed by atoms with Gasteiger partial charge in [0.15, 0.2) is 0 Å². The monoisotopic (exact) mass is 154 g/mol. The van der Waals surface area contributed by atoms with Crippen LogP contribution in [0.15, 0.2) is 12.2 Å². The summed E-state index contributed by atoms with van der Waals surface area (Å²) in [6.07, 6.45) is 6.54. The Morgan fingerprint density at radius 1 is 1.45 bits per heavy atom. The van der Waals surface area contributed by atoms with Gasteiger partial charge in [-0.15, -0.1) is 0 Å². The molecule has 1 aliphatic carbocycles. The molecule has 1 rings (SSSR count). The van der Waals surface area contributed by atoms with Crippen molar-refractivity contribution < 1.29 is 5.11 Å². The van der Waals surface area contributed by atoms with Gasteiger partial charge in [-0.05, 0) is 18.3 Å². The van der Waals surface area contributed by atoms with Crippen molar-refractivity contribution >= 4 is 0 Å². The number of aliphatic hydroxyl groups is 1. The van der Waals surface area contributed by atoms with E-state index in [9.17, 15) is 0 Å². The van der Waals surface area contributed by atoms with Crippen molar-refractivity contribution in [1.29, 1.82) is 0 Å². The van der Waals surface area contributed by atoms with Crippen LogP contribution in [0.4, 0.5) is 0 Å². The fourth-order valence-electron chi connectivity index (χ4n) is 1.70. The normalized spacial score (nSPS) is 34.5. The lowest BCUT2D eigenvalue weighted by Gasteiger charge is -2.11. The largest absolute Gasteiger partial charge is 0.395 e. The molecule has 1 atom stereocenters. The van der Waals surface area contributed by atoms with E-state index in [0.29, 0.717) is 12.0 Å². The molecule has 0 aromatic carbocycles. The van der Waals surface area contributed by atoms with Gasteiger partial charge in [0.2, 0.25) is 0 Å². The highest BCUT2D eigenvalue weighted by atomic mass is 16.3. The summed E-state index contributed by atoms with van der Waals surface area (Å²) in [4.78, 5) is 0. The number of aliphatic hydroxyl groups excluding tert-OH is 1. The van der Waals surface area contributed by atoms with Gasteiger partial charge >= 0.3 is 0 Å². The van der Waals surface area contributed by atoms with Gasteiger partial charge in [-0.25, -0.2) is 0 Å². The summed E-state index contributed by atoms with van der Waals surface area (Å²) in [7, 11) is 0. The van der Waals surface area contributed by atoms with Crippen molar-refractivity contribution in [3.8, 4) is 0 Å². The third-order valence-corrected chi connectivity index (χ3v) is 2.93. The number of hydrogen-bond acceptors (Lipinski definition) is 1. The van der Waals surface area contributed by atoms with Crippen molar-refractivity contribution in [3.05, 3.63) is 12.2 Å². The molecule has 1 fully saturated rings. The van der Waals surface area contributed by atoms with Gasteiger partial charge < -0.3 is 5.11 Å². The molecule has 1 N–H and O–H groups in total. The SMILES string of the molecule is CC/C=C/C1(CO)CC1(C)C. The molecule has 0 saturated heterocycles. The van der Waals surface area contributed by atoms with Crippen LogP contribution in [0.3, 0.4) is 0 Å². The third kappa shape index (κ3) is 1.34. The highest BCUT2D eigenvalue weighted by Gasteiger charge is 2.58. The first-order valence-corrected chi connectivity index (χ1v) is 4.36. The molecule has 0 radical (unpaired) electrons. The molecule has 1 heteroatoms. The minimum absolute atomic E-state index is 0.114. The zero-order valence-electron chi connectivity index (χ0n) is 7.72. The average Bonchev–Trinajstić information content (AvgIpc) is 2.50. The highest BCUT2D eigenvalue weighted by Crippen LogP contribution is 2.63. The maximum Gasteiger partial charge on any atom is 0.0527 e. The summed E-state index contributed by atoms with van der Waals surface area (Å²) in [5, 5.41) is 9.17. The molecule has 1 unspecified atom stereocenters. The van der Waals surface area contributed by atoms with E-state index in [0.717, 1.165) is 12.8 Å². The van der Waals surface area contributed by atoms with Crippen molar-refractivity contribution in [3.63, 3.8) is 0 Å². The van der Waals surface area contributed by atoms with Crippen LogP contribution in [0, 0.1) is 10.8 Å².